The predicted molar refractivity (Wildman–Crippen MR) is 106 cm³/mol. The van der Waals surface area contributed by atoms with Crippen molar-refractivity contribution < 1.29 is 22.3 Å². The minimum Gasteiger partial charge on any atom is -0.486 e. The van der Waals surface area contributed by atoms with E-state index in [-0.39, 0.29) is 18.3 Å². The minimum atomic E-state index is -0.955. The first kappa shape index (κ1) is 21.4. The standard InChI is InChI=1S/C24H26F4O/c1-3-14-29-20-13-12-19(23(27)24(20)28)17-9-5-16(6-10-17)7-11-18-8-4-15(2)21(25)22(18)26/h3-4,8,12-13,16-17H,1,5-7,9-11,14H2,2H3. The number of benzene rings is 2. The molecule has 0 saturated heterocycles. The topological polar surface area (TPSA) is 9.23 Å². The van der Waals surface area contributed by atoms with Crippen LogP contribution in [0.15, 0.2) is 36.9 Å². The van der Waals surface area contributed by atoms with Crippen molar-refractivity contribution in [2.75, 3.05) is 6.61 Å². The summed E-state index contributed by atoms with van der Waals surface area (Å²) >= 11 is 0. The second-order valence-electron chi connectivity index (χ2n) is 7.81. The molecule has 1 fully saturated rings. The van der Waals surface area contributed by atoms with E-state index in [0.717, 1.165) is 32.1 Å². The minimum absolute atomic E-state index is 0.0391. The summed E-state index contributed by atoms with van der Waals surface area (Å²) in [5.74, 6) is -3.09. The van der Waals surface area contributed by atoms with Gasteiger partial charge in [0, 0.05) is 0 Å². The van der Waals surface area contributed by atoms with Crippen LogP contribution in [-0.2, 0) is 6.42 Å². The molecule has 2 aromatic rings. The molecule has 1 nitrogen and oxygen atoms in total. The molecule has 0 radical (unpaired) electrons. The third kappa shape index (κ3) is 4.82. The van der Waals surface area contributed by atoms with Crippen molar-refractivity contribution in [1.82, 2.24) is 0 Å². The molecule has 0 spiro atoms. The van der Waals surface area contributed by atoms with Gasteiger partial charge in [0.05, 0.1) is 0 Å². The third-order valence-corrected chi connectivity index (χ3v) is 5.90. The second-order valence-corrected chi connectivity index (χ2v) is 7.81. The third-order valence-electron chi connectivity index (χ3n) is 5.90. The van der Waals surface area contributed by atoms with Gasteiger partial charge in [-0.3, -0.25) is 0 Å². The molecule has 0 aromatic heterocycles. The molecule has 0 unspecified atom stereocenters. The van der Waals surface area contributed by atoms with E-state index in [4.69, 9.17) is 4.74 Å². The Labute approximate surface area is 169 Å². The highest BCUT2D eigenvalue weighted by Gasteiger charge is 2.27. The Morgan fingerprint density at radius 1 is 0.931 bits per heavy atom. The van der Waals surface area contributed by atoms with E-state index < -0.39 is 23.3 Å². The molecular formula is C24H26F4O. The number of hydrogen-bond acceptors (Lipinski definition) is 1. The molecular weight excluding hydrogens is 380 g/mol. The lowest BCUT2D eigenvalue weighted by Crippen LogP contribution is -2.16. The molecule has 0 bridgehead atoms. The molecule has 0 aliphatic heterocycles. The number of aryl methyl sites for hydroxylation is 2. The van der Waals surface area contributed by atoms with Crippen molar-refractivity contribution in [3.05, 3.63) is 76.9 Å². The maximum Gasteiger partial charge on any atom is 0.200 e. The summed E-state index contributed by atoms with van der Waals surface area (Å²) < 4.78 is 61.6. The molecule has 0 heterocycles. The van der Waals surface area contributed by atoms with Crippen molar-refractivity contribution >= 4 is 0 Å². The largest absolute Gasteiger partial charge is 0.486 e. The molecule has 0 amide bonds. The van der Waals surface area contributed by atoms with E-state index in [2.05, 4.69) is 6.58 Å². The molecule has 156 valence electrons. The Balaban J connectivity index is 1.57. The number of hydrogen-bond donors (Lipinski definition) is 0. The van der Waals surface area contributed by atoms with Crippen molar-refractivity contribution in [1.29, 1.82) is 0 Å². The fourth-order valence-corrected chi connectivity index (χ4v) is 4.12. The maximum absolute atomic E-state index is 14.5. The molecule has 29 heavy (non-hydrogen) atoms. The first-order chi connectivity index (χ1) is 13.9. The zero-order chi connectivity index (χ0) is 21.0. The van der Waals surface area contributed by atoms with Crippen LogP contribution < -0.4 is 4.74 Å². The zero-order valence-electron chi connectivity index (χ0n) is 16.6. The van der Waals surface area contributed by atoms with E-state index in [1.54, 1.807) is 25.1 Å². The highest BCUT2D eigenvalue weighted by molar-refractivity contribution is 5.33. The average molecular weight is 406 g/mol. The predicted octanol–water partition coefficient (Wildman–Crippen LogP) is 7.02. The van der Waals surface area contributed by atoms with Crippen LogP contribution in [0.4, 0.5) is 17.6 Å². The van der Waals surface area contributed by atoms with Gasteiger partial charge in [-0.05, 0) is 80.0 Å². The Morgan fingerprint density at radius 2 is 1.66 bits per heavy atom. The normalized spacial score (nSPS) is 19.2. The van der Waals surface area contributed by atoms with E-state index in [9.17, 15) is 17.6 Å². The van der Waals surface area contributed by atoms with Crippen LogP contribution in [0.3, 0.4) is 0 Å². The quantitative estimate of drug-likeness (QED) is 0.354. The summed E-state index contributed by atoms with van der Waals surface area (Å²) in [6.07, 6.45) is 5.93. The first-order valence-electron chi connectivity index (χ1n) is 10.1. The lowest BCUT2D eigenvalue weighted by Gasteiger charge is -2.29. The van der Waals surface area contributed by atoms with Crippen LogP contribution in [0, 0.1) is 36.1 Å². The van der Waals surface area contributed by atoms with Crippen molar-refractivity contribution in [3.63, 3.8) is 0 Å². The lowest BCUT2D eigenvalue weighted by molar-refractivity contribution is 0.299. The van der Waals surface area contributed by atoms with Crippen molar-refractivity contribution in [2.24, 2.45) is 5.92 Å². The summed E-state index contributed by atoms with van der Waals surface area (Å²) in [5.41, 5.74) is 1.10. The Hall–Kier alpha value is -2.30. The molecule has 0 atom stereocenters. The van der Waals surface area contributed by atoms with Gasteiger partial charge < -0.3 is 4.74 Å². The second kappa shape index (κ2) is 9.47. The van der Waals surface area contributed by atoms with Gasteiger partial charge in [0.1, 0.15) is 6.61 Å². The fourth-order valence-electron chi connectivity index (χ4n) is 4.12. The van der Waals surface area contributed by atoms with Crippen LogP contribution in [0.25, 0.3) is 0 Å². The maximum atomic E-state index is 14.5. The van der Waals surface area contributed by atoms with Gasteiger partial charge in [-0.15, -0.1) is 0 Å². The Kier molecular flexibility index (Phi) is 6.99. The monoisotopic (exact) mass is 406 g/mol. The fraction of sp³-hybridized carbons (Fsp3) is 0.417. The molecule has 1 aliphatic rings. The molecule has 2 aromatic carbocycles. The molecule has 3 rings (SSSR count). The molecule has 0 N–H and O–H groups in total. The van der Waals surface area contributed by atoms with Gasteiger partial charge in [0.25, 0.3) is 0 Å². The highest BCUT2D eigenvalue weighted by Crippen LogP contribution is 2.40. The molecule has 1 aliphatic carbocycles. The highest BCUT2D eigenvalue weighted by atomic mass is 19.2. The van der Waals surface area contributed by atoms with Gasteiger partial charge in [-0.1, -0.05) is 30.9 Å². The van der Waals surface area contributed by atoms with Crippen LogP contribution in [0.2, 0.25) is 0 Å². The van der Waals surface area contributed by atoms with Gasteiger partial charge in [0.15, 0.2) is 23.2 Å². The van der Waals surface area contributed by atoms with Crippen molar-refractivity contribution in [2.45, 2.75) is 51.4 Å². The van der Waals surface area contributed by atoms with Crippen LogP contribution >= 0.6 is 0 Å². The summed E-state index contributed by atoms with van der Waals surface area (Å²) in [6.45, 7) is 5.16. The Bertz CT molecular complexity index is 870. The SMILES string of the molecule is C=CCOc1ccc(C2CCC(CCc3ccc(C)c(F)c3F)CC2)c(F)c1F. The smallest absolute Gasteiger partial charge is 0.200 e. The number of ether oxygens (including phenoxy) is 1. The molecule has 1 saturated carbocycles. The van der Waals surface area contributed by atoms with E-state index in [1.165, 1.54) is 12.1 Å². The average Bonchev–Trinajstić information content (AvgIpc) is 2.73. The number of rotatable bonds is 7. The van der Waals surface area contributed by atoms with Gasteiger partial charge in [-0.25, -0.2) is 13.2 Å². The van der Waals surface area contributed by atoms with Crippen LogP contribution in [0.5, 0.6) is 5.75 Å². The summed E-state index contributed by atoms with van der Waals surface area (Å²) in [6, 6.07) is 6.32. The zero-order valence-corrected chi connectivity index (χ0v) is 16.6. The van der Waals surface area contributed by atoms with Crippen molar-refractivity contribution in [3.8, 4) is 5.75 Å². The first-order valence-corrected chi connectivity index (χ1v) is 10.1. The van der Waals surface area contributed by atoms with Gasteiger partial charge in [-0.2, -0.15) is 4.39 Å². The summed E-state index contributed by atoms with van der Waals surface area (Å²) in [7, 11) is 0. The van der Waals surface area contributed by atoms with Gasteiger partial charge >= 0.3 is 0 Å². The van der Waals surface area contributed by atoms with E-state index in [0.29, 0.717) is 29.0 Å². The van der Waals surface area contributed by atoms with Gasteiger partial charge in [0.2, 0.25) is 5.82 Å². The lowest BCUT2D eigenvalue weighted by atomic mass is 9.76. The molecule has 5 heteroatoms. The summed E-state index contributed by atoms with van der Waals surface area (Å²) in [5, 5.41) is 0. The van der Waals surface area contributed by atoms with Crippen LogP contribution in [0.1, 0.15) is 54.7 Å². The van der Waals surface area contributed by atoms with Crippen LogP contribution in [-0.4, -0.2) is 6.61 Å². The van der Waals surface area contributed by atoms with E-state index >= 15 is 0 Å². The van der Waals surface area contributed by atoms with E-state index in [1.807, 2.05) is 0 Å². The Morgan fingerprint density at radius 3 is 2.34 bits per heavy atom. The number of halogens is 4. The summed E-state index contributed by atoms with van der Waals surface area (Å²) in [4.78, 5) is 0.